The van der Waals surface area contributed by atoms with E-state index in [9.17, 15) is 27.3 Å². The van der Waals surface area contributed by atoms with E-state index in [0.717, 1.165) is 24.3 Å². The van der Waals surface area contributed by atoms with Gasteiger partial charge in [-0.25, -0.2) is 17.2 Å². The Bertz CT molecular complexity index is 858. The largest absolute Gasteiger partial charge is 0.289 e. The van der Waals surface area contributed by atoms with E-state index in [-0.39, 0.29) is 10.7 Å². The van der Waals surface area contributed by atoms with Gasteiger partial charge in [-0.05, 0) is 24.3 Å². The first-order valence-electron chi connectivity index (χ1n) is 5.62. The monoisotopic (exact) mass is 348 g/mol. The van der Waals surface area contributed by atoms with E-state index < -0.39 is 37.2 Å². The lowest BCUT2D eigenvalue weighted by Crippen LogP contribution is -2.14. The highest BCUT2D eigenvalue weighted by molar-refractivity contribution is 7.92. The summed E-state index contributed by atoms with van der Waals surface area (Å²) in [5, 5.41) is 10.6. The van der Waals surface area contributed by atoms with Crippen molar-refractivity contribution in [3.63, 3.8) is 0 Å². The number of benzene rings is 2. The first-order valence-corrected chi connectivity index (χ1v) is 7.48. The van der Waals surface area contributed by atoms with Crippen LogP contribution in [0, 0.1) is 21.7 Å². The van der Waals surface area contributed by atoms with Gasteiger partial charge in [0.1, 0.15) is 21.6 Å². The maximum absolute atomic E-state index is 13.5. The predicted molar refractivity (Wildman–Crippen MR) is 75.3 cm³/mol. The van der Waals surface area contributed by atoms with Gasteiger partial charge < -0.3 is 0 Å². The standard InChI is InChI=1S/C12H7ClF2N2O4S/c13-9-3-2-8(6-11(9)17(18)19)16-22(20,21)12-4-1-7(14)5-10(12)15/h1-6,16H. The van der Waals surface area contributed by atoms with Crippen LogP contribution in [-0.2, 0) is 10.0 Å². The molecule has 0 aliphatic carbocycles. The van der Waals surface area contributed by atoms with Gasteiger partial charge in [-0.3, -0.25) is 14.8 Å². The van der Waals surface area contributed by atoms with Crippen LogP contribution in [0.5, 0.6) is 0 Å². The number of sulfonamides is 1. The molecule has 2 rings (SSSR count). The van der Waals surface area contributed by atoms with E-state index in [2.05, 4.69) is 0 Å². The fourth-order valence-electron chi connectivity index (χ4n) is 1.62. The molecule has 0 saturated heterocycles. The average Bonchev–Trinajstić information content (AvgIpc) is 2.39. The lowest BCUT2D eigenvalue weighted by Gasteiger charge is -2.09. The highest BCUT2D eigenvalue weighted by atomic mass is 35.5. The van der Waals surface area contributed by atoms with Gasteiger partial charge in [-0.2, -0.15) is 0 Å². The van der Waals surface area contributed by atoms with Crippen molar-refractivity contribution in [1.29, 1.82) is 0 Å². The Morgan fingerprint density at radius 2 is 1.82 bits per heavy atom. The minimum absolute atomic E-state index is 0.180. The zero-order chi connectivity index (χ0) is 16.5. The van der Waals surface area contributed by atoms with Crippen molar-refractivity contribution in [3.05, 3.63) is 63.2 Å². The third-order valence-corrected chi connectivity index (χ3v) is 4.31. The molecule has 2 aromatic rings. The number of halogens is 3. The minimum atomic E-state index is -4.37. The molecule has 0 bridgehead atoms. The molecule has 0 aliphatic rings. The van der Waals surface area contributed by atoms with E-state index in [1.54, 1.807) is 0 Å². The van der Waals surface area contributed by atoms with Crippen LogP contribution in [0.2, 0.25) is 5.02 Å². The predicted octanol–water partition coefficient (Wildman–Crippen LogP) is 3.33. The highest BCUT2D eigenvalue weighted by Crippen LogP contribution is 2.29. The van der Waals surface area contributed by atoms with Gasteiger partial charge in [0.05, 0.1) is 10.6 Å². The number of anilines is 1. The Morgan fingerprint density at radius 1 is 1.14 bits per heavy atom. The molecule has 2 aromatic carbocycles. The number of hydrogen-bond acceptors (Lipinski definition) is 4. The fourth-order valence-corrected chi connectivity index (χ4v) is 2.92. The number of nitro benzene ring substituents is 1. The minimum Gasteiger partial charge on any atom is -0.279 e. The summed E-state index contributed by atoms with van der Waals surface area (Å²) in [6.07, 6.45) is 0. The van der Waals surface area contributed by atoms with Crippen molar-refractivity contribution >= 4 is 33.0 Å². The number of nitro groups is 1. The van der Waals surface area contributed by atoms with E-state index in [1.165, 1.54) is 6.07 Å². The van der Waals surface area contributed by atoms with Crippen molar-refractivity contribution in [2.24, 2.45) is 0 Å². The van der Waals surface area contributed by atoms with Crippen LogP contribution < -0.4 is 4.72 Å². The lowest BCUT2D eigenvalue weighted by atomic mass is 10.3. The second-order valence-corrected chi connectivity index (χ2v) is 6.16. The van der Waals surface area contributed by atoms with Crippen molar-refractivity contribution in [2.45, 2.75) is 4.90 Å². The fraction of sp³-hybridized carbons (Fsp3) is 0. The van der Waals surface area contributed by atoms with Crippen molar-refractivity contribution in [3.8, 4) is 0 Å². The number of nitrogens with one attached hydrogen (secondary N) is 1. The second-order valence-electron chi connectivity index (χ2n) is 4.10. The molecule has 0 saturated carbocycles. The highest BCUT2D eigenvalue weighted by Gasteiger charge is 2.21. The van der Waals surface area contributed by atoms with Gasteiger partial charge in [0, 0.05) is 12.1 Å². The Labute approximate surface area is 128 Å². The molecule has 0 radical (unpaired) electrons. The van der Waals surface area contributed by atoms with Crippen LogP contribution in [0.4, 0.5) is 20.2 Å². The van der Waals surface area contributed by atoms with Crippen LogP contribution in [-0.4, -0.2) is 13.3 Å². The lowest BCUT2D eigenvalue weighted by molar-refractivity contribution is -0.384. The second kappa shape index (κ2) is 5.85. The summed E-state index contributed by atoms with van der Waals surface area (Å²) in [6.45, 7) is 0. The van der Waals surface area contributed by atoms with Crippen molar-refractivity contribution in [2.75, 3.05) is 4.72 Å². The first kappa shape index (κ1) is 16.1. The molecule has 1 N–H and O–H groups in total. The molecule has 0 aromatic heterocycles. The van der Waals surface area contributed by atoms with E-state index >= 15 is 0 Å². The van der Waals surface area contributed by atoms with Gasteiger partial charge in [0.25, 0.3) is 15.7 Å². The maximum Gasteiger partial charge on any atom is 0.289 e. The van der Waals surface area contributed by atoms with Crippen LogP contribution >= 0.6 is 11.6 Å². The molecular weight excluding hydrogens is 342 g/mol. The Hall–Kier alpha value is -2.26. The first-order chi connectivity index (χ1) is 10.2. The SMILES string of the molecule is O=[N+]([O-])c1cc(NS(=O)(=O)c2ccc(F)cc2F)ccc1Cl. The number of hydrogen-bond donors (Lipinski definition) is 1. The van der Waals surface area contributed by atoms with E-state index in [4.69, 9.17) is 11.6 Å². The summed E-state index contributed by atoms with van der Waals surface area (Å²) in [5.74, 6) is -2.21. The Balaban J connectivity index is 2.41. The van der Waals surface area contributed by atoms with Crippen LogP contribution in [0.1, 0.15) is 0 Å². The Morgan fingerprint density at radius 3 is 2.41 bits per heavy atom. The molecular formula is C12H7ClF2N2O4S. The van der Waals surface area contributed by atoms with Crippen molar-refractivity contribution in [1.82, 2.24) is 0 Å². The summed E-state index contributed by atoms with van der Waals surface area (Å²) in [6, 6.07) is 5.13. The molecule has 0 unspecified atom stereocenters. The molecule has 0 fully saturated rings. The molecule has 10 heteroatoms. The van der Waals surface area contributed by atoms with Crippen LogP contribution in [0.3, 0.4) is 0 Å². The third-order valence-electron chi connectivity index (χ3n) is 2.58. The summed E-state index contributed by atoms with van der Waals surface area (Å²) in [4.78, 5) is 9.16. The topological polar surface area (TPSA) is 89.3 Å². The zero-order valence-electron chi connectivity index (χ0n) is 10.6. The molecule has 6 nitrogen and oxygen atoms in total. The van der Waals surface area contributed by atoms with Gasteiger partial charge in [-0.15, -0.1) is 0 Å². The average molecular weight is 349 g/mol. The zero-order valence-corrected chi connectivity index (χ0v) is 12.2. The summed E-state index contributed by atoms with van der Waals surface area (Å²) in [5.41, 5.74) is -0.693. The summed E-state index contributed by atoms with van der Waals surface area (Å²) < 4.78 is 52.3. The smallest absolute Gasteiger partial charge is 0.279 e. The quantitative estimate of drug-likeness (QED) is 0.678. The summed E-state index contributed by atoms with van der Waals surface area (Å²) >= 11 is 5.60. The molecule has 0 atom stereocenters. The summed E-state index contributed by atoms with van der Waals surface area (Å²) in [7, 11) is -4.37. The molecule has 0 spiro atoms. The van der Waals surface area contributed by atoms with Gasteiger partial charge >= 0.3 is 0 Å². The van der Waals surface area contributed by atoms with Crippen molar-refractivity contribution < 1.29 is 22.1 Å². The molecule has 0 heterocycles. The van der Waals surface area contributed by atoms with Gasteiger partial charge in [-0.1, -0.05) is 11.6 Å². The maximum atomic E-state index is 13.5. The molecule has 0 amide bonds. The Kier molecular flexibility index (Phi) is 4.29. The van der Waals surface area contributed by atoms with Crippen LogP contribution in [0.25, 0.3) is 0 Å². The molecule has 22 heavy (non-hydrogen) atoms. The molecule has 116 valence electrons. The van der Waals surface area contributed by atoms with E-state index in [0.29, 0.717) is 6.07 Å². The van der Waals surface area contributed by atoms with Gasteiger partial charge in [0.15, 0.2) is 0 Å². The number of nitrogens with zero attached hydrogens (tertiary/aromatic N) is 1. The van der Waals surface area contributed by atoms with Gasteiger partial charge in [0.2, 0.25) is 0 Å². The number of rotatable bonds is 4. The third kappa shape index (κ3) is 3.31. The van der Waals surface area contributed by atoms with E-state index in [1.807, 2.05) is 4.72 Å². The normalized spacial score (nSPS) is 11.2. The van der Waals surface area contributed by atoms with Crippen LogP contribution in [0.15, 0.2) is 41.3 Å². The molecule has 0 aliphatic heterocycles.